The highest BCUT2D eigenvalue weighted by molar-refractivity contribution is 7.94. The zero-order chi connectivity index (χ0) is 18.2. The van der Waals surface area contributed by atoms with E-state index in [4.69, 9.17) is 4.74 Å². The molecule has 2 amide bonds. The summed E-state index contributed by atoms with van der Waals surface area (Å²) in [5.74, 6) is -1.22. The van der Waals surface area contributed by atoms with E-state index in [1.165, 1.54) is 35.1 Å². The fourth-order valence-corrected chi connectivity index (χ4v) is 3.62. The molecule has 2 aliphatic rings. The van der Waals surface area contributed by atoms with E-state index < -0.39 is 27.9 Å². The second-order valence-electron chi connectivity index (χ2n) is 5.74. The quantitative estimate of drug-likeness (QED) is 0.849. The number of hydrogen-bond acceptors (Lipinski definition) is 6. The maximum atomic E-state index is 14.4. The monoisotopic (exact) mass is 369 g/mol. The number of rotatable bonds is 4. The van der Waals surface area contributed by atoms with E-state index in [1.54, 1.807) is 0 Å². The first kappa shape index (κ1) is 17.2. The summed E-state index contributed by atoms with van der Waals surface area (Å²) in [7, 11) is -3.36. The minimum atomic E-state index is -3.36. The van der Waals surface area contributed by atoms with Crippen molar-refractivity contribution in [3.63, 3.8) is 0 Å². The number of ether oxygens (including phenoxy) is 1. The molecular weight excluding hydrogens is 353 g/mol. The van der Waals surface area contributed by atoms with E-state index >= 15 is 0 Å². The van der Waals surface area contributed by atoms with Gasteiger partial charge in [0.25, 0.3) is 0 Å². The maximum Gasteiger partial charge on any atom is 0.414 e. The van der Waals surface area contributed by atoms with Crippen LogP contribution in [0.5, 0.6) is 0 Å². The van der Waals surface area contributed by atoms with Crippen LogP contribution < -0.4 is 15.1 Å². The summed E-state index contributed by atoms with van der Waals surface area (Å²) in [6.45, 7) is 1.71. The summed E-state index contributed by atoms with van der Waals surface area (Å²) < 4.78 is 42.4. The van der Waals surface area contributed by atoms with Gasteiger partial charge >= 0.3 is 6.09 Å². The third kappa shape index (κ3) is 3.73. The number of sulfone groups is 1. The van der Waals surface area contributed by atoms with Crippen molar-refractivity contribution in [2.45, 2.75) is 13.0 Å². The number of nitrogens with one attached hydrogen (secondary N) is 1. The SMILES string of the molecule is CC(=O)NC[C@H]1CN(c2ccc(N3C=CS(=O)(=O)C3)c(F)c2)C(=O)O1. The van der Waals surface area contributed by atoms with Crippen LogP contribution in [-0.4, -0.2) is 45.5 Å². The minimum Gasteiger partial charge on any atom is -0.442 e. The highest BCUT2D eigenvalue weighted by atomic mass is 32.2. The number of halogens is 1. The Balaban J connectivity index is 1.74. The molecule has 10 heteroatoms. The molecule has 0 spiro atoms. The van der Waals surface area contributed by atoms with Crippen LogP contribution in [0.4, 0.5) is 20.6 Å². The molecule has 1 aromatic carbocycles. The molecule has 8 nitrogen and oxygen atoms in total. The highest BCUT2D eigenvalue weighted by Gasteiger charge is 2.33. The number of amides is 2. The number of benzene rings is 1. The van der Waals surface area contributed by atoms with Crippen molar-refractivity contribution in [3.05, 3.63) is 35.6 Å². The molecule has 1 atom stereocenters. The first-order valence-corrected chi connectivity index (χ1v) is 9.16. The smallest absolute Gasteiger partial charge is 0.414 e. The van der Waals surface area contributed by atoms with Crippen molar-refractivity contribution in [2.24, 2.45) is 0 Å². The number of anilines is 2. The molecule has 0 aromatic heterocycles. The molecule has 0 saturated carbocycles. The molecule has 1 aromatic rings. The fourth-order valence-electron chi connectivity index (χ4n) is 2.59. The fraction of sp³-hybridized carbons (Fsp3) is 0.333. The van der Waals surface area contributed by atoms with Gasteiger partial charge in [-0.3, -0.25) is 9.69 Å². The van der Waals surface area contributed by atoms with Crippen LogP contribution in [0.25, 0.3) is 0 Å². The average Bonchev–Trinajstić information content (AvgIpc) is 3.07. The van der Waals surface area contributed by atoms with Gasteiger partial charge in [-0.1, -0.05) is 0 Å². The van der Waals surface area contributed by atoms with Crippen molar-refractivity contribution in [2.75, 3.05) is 28.8 Å². The van der Waals surface area contributed by atoms with Gasteiger partial charge in [-0.2, -0.15) is 0 Å². The van der Waals surface area contributed by atoms with Gasteiger partial charge in [0.2, 0.25) is 5.91 Å². The van der Waals surface area contributed by atoms with E-state index in [1.807, 2.05) is 0 Å². The molecule has 1 N–H and O–H groups in total. The minimum absolute atomic E-state index is 0.100. The lowest BCUT2D eigenvalue weighted by Gasteiger charge is -2.18. The van der Waals surface area contributed by atoms with E-state index in [0.29, 0.717) is 5.69 Å². The average molecular weight is 369 g/mol. The summed E-state index contributed by atoms with van der Waals surface area (Å²) in [6, 6.07) is 4.07. The highest BCUT2D eigenvalue weighted by Crippen LogP contribution is 2.29. The van der Waals surface area contributed by atoms with Crippen LogP contribution in [0.1, 0.15) is 6.92 Å². The molecule has 3 rings (SSSR count). The summed E-state index contributed by atoms with van der Waals surface area (Å²) in [4.78, 5) is 25.4. The summed E-state index contributed by atoms with van der Waals surface area (Å²) in [6.07, 6.45) is 0.137. The van der Waals surface area contributed by atoms with E-state index in [0.717, 1.165) is 11.5 Å². The normalized spacial score (nSPS) is 21.5. The molecule has 0 aliphatic carbocycles. The Morgan fingerprint density at radius 3 is 2.80 bits per heavy atom. The number of carbonyl (C=O) groups is 2. The lowest BCUT2D eigenvalue weighted by molar-refractivity contribution is -0.119. The Morgan fingerprint density at radius 1 is 1.44 bits per heavy atom. The van der Waals surface area contributed by atoms with Gasteiger partial charge in [-0.05, 0) is 18.2 Å². The number of nitrogens with zero attached hydrogens (tertiary/aromatic N) is 2. The van der Waals surface area contributed by atoms with Crippen LogP contribution >= 0.6 is 0 Å². The van der Waals surface area contributed by atoms with Crippen molar-refractivity contribution in [1.29, 1.82) is 0 Å². The Kier molecular flexibility index (Phi) is 4.38. The summed E-state index contributed by atoms with van der Waals surface area (Å²) >= 11 is 0. The van der Waals surface area contributed by atoms with Gasteiger partial charge in [0.15, 0.2) is 9.84 Å². The molecule has 1 saturated heterocycles. The predicted octanol–water partition coefficient (Wildman–Crippen LogP) is 0.950. The Hall–Kier alpha value is -2.62. The van der Waals surface area contributed by atoms with Crippen LogP contribution in [0.3, 0.4) is 0 Å². The largest absolute Gasteiger partial charge is 0.442 e. The van der Waals surface area contributed by atoms with Crippen LogP contribution in [0.2, 0.25) is 0 Å². The van der Waals surface area contributed by atoms with Crippen LogP contribution in [0.15, 0.2) is 29.8 Å². The van der Waals surface area contributed by atoms with Crippen molar-refractivity contribution < 1.29 is 27.1 Å². The van der Waals surface area contributed by atoms with Gasteiger partial charge in [0.05, 0.1) is 24.5 Å². The predicted molar refractivity (Wildman–Crippen MR) is 88.1 cm³/mol. The Bertz CT molecular complexity index is 855. The van der Waals surface area contributed by atoms with E-state index in [2.05, 4.69) is 5.32 Å². The van der Waals surface area contributed by atoms with E-state index in [-0.39, 0.29) is 30.6 Å². The van der Waals surface area contributed by atoms with Gasteiger partial charge < -0.3 is 15.0 Å². The molecule has 25 heavy (non-hydrogen) atoms. The number of cyclic esters (lactones) is 1. The zero-order valence-corrected chi connectivity index (χ0v) is 14.1. The van der Waals surface area contributed by atoms with E-state index in [9.17, 15) is 22.4 Å². The zero-order valence-electron chi connectivity index (χ0n) is 13.3. The molecule has 2 heterocycles. The Labute approximate surface area is 143 Å². The lowest BCUT2D eigenvalue weighted by atomic mass is 10.2. The standard InChI is InChI=1S/C15H16FN3O5S/c1-10(20)17-7-12-8-19(15(21)24-12)11-2-3-14(13(16)6-11)18-4-5-25(22,23)9-18/h2-6,12H,7-9H2,1H3,(H,17,20)/t12-/m0/s1. The second kappa shape index (κ2) is 6.36. The van der Waals surface area contributed by atoms with Gasteiger partial charge in [-0.15, -0.1) is 0 Å². The number of hydrogen-bond donors (Lipinski definition) is 1. The number of carbonyl (C=O) groups excluding carboxylic acids is 2. The second-order valence-corrected chi connectivity index (χ2v) is 7.59. The topological polar surface area (TPSA) is 96.0 Å². The maximum absolute atomic E-state index is 14.4. The Morgan fingerprint density at radius 2 is 2.20 bits per heavy atom. The summed E-state index contributed by atoms with van der Waals surface area (Å²) in [5.41, 5.74) is 0.394. The molecule has 0 unspecified atom stereocenters. The van der Waals surface area contributed by atoms with Crippen molar-refractivity contribution in [3.8, 4) is 0 Å². The third-order valence-electron chi connectivity index (χ3n) is 3.77. The molecule has 2 aliphatic heterocycles. The first-order valence-electron chi connectivity index (χ1n) is 7.45. The third-order valence-corrected chi connectivity index (χ3v) is 4.95. The van der Waals surface area contributed by atoms with Crippen LogP contribution in [-0.2, 0) is 19.4 Å². The summed E-state index contributed by atoms with van der Waals surface area (Å²) in [5, 5.41) is 3.58. The lowest BCUT2D eigenvalue weighted by Crippen LogP contribution is -2.33. The first-order chi connectivity index (χ1) is 11.7. The van der Waals surface area contributed by atoms with Crippen molar-refractivity contribution >= 4 is 33.2 Å². The van der Waals surface area contributed by atoms with Gasteiger partial charge in [-0.25, -0.2) is 17.6 Å². The molecule has 0 radical (unpaired) electrons. The van der Waals surface area contributed by atoms with Crippen LogP contribution in [0, 0.1) is 5.82 Å². The van der Waals surface area contributed by atoms with Gasteiger partial charge in [0.1, 0.15) is 17.8 Å². The van der Waals surface area contributed by atoms with Crippen molar-refractivity contribution in [1.82, 2.24) is 5.32 Å². The molecule has 134 valence electrons. The molecular formula is C15H16FN3O5S. The molecule has 0 bridgehead atoms. The molecule has 1 fully saturated rings. The van der Waals surface area contributed by atoms with Gasteiger partial charge in [0, 0.05) is 18.5 Å².